The van der Waals surface area contributed by atoms with Gasteiger partial charge < -0.3 is 4.57 Å². The minimum absolute atomic E-state index is 0.0149. The second kappa shape index (κ2) is 9.35. The summed E-state index contributed by atoms with van der Waals surface area (Å²) < 4.78 is 46.4. The second-order valence-electron chi connectivity index (χ2n) is 9.76. The quantitative estimate of drug-likeness (QED) is 0.228. The van der Waals surface area contributed by atoms with Crippen LogP contribution in [0.3, 0.4) is 0 Å². The van der Waals surface area contributed by atoms with Crippen molar-refractivity contribution in [2.75, 3.05) is 0 Å². The molecule has 3 aromatic heterocycles. The molecule has 0 amide bonds. The molecule has 194 valence electrons. The molecule has 0 fully saturated rings. The Bertz CT molecular complexity index is 2000. The lowest BCUT2D eigenvalue weighted by Crippen LogP contribution is -2.08. The van der Waals surface area contributed by atoms with Crippen molar-refractivity contribution in [1.29, 1.82) is 0 Å². The summed E-state index contributed by atoms with van der Waals surface area (Å²) in [6, 6.07) is 37.2. The monoisotopic (exact) mass is 529 g/mol. The first-order chi connectivity index (χ1) is 19.5. The normalized spacial score (nSPS) is 12.0. The highest BCUT2D eigenvalue weighted by molar-refractivity contribution is 6.19. The average molecular weight is 530 g/mol. The molecule has 40 heavy (non-hydrogen) atoms. The van der Waals surface area contributed by atoms with Gasteiger partial charge in [-0.1, -0.05) is 115 Å². The summed E-state index contributed by atoms with van der Waals surface area (Å²) in [7, 11) is 0. The van der Waals surface area contributed by atoms with E-state index in [4.69, 9.17) is 9.97 Å². The van der Waals surface area contributed by atoms with E-state index in [1.807, 2.05) is 95.6 Å². The van der Waals surface area contributed by atoms with Gasteiger partial charge in [0.05, 0.1) is 33.4 Å². The van der Waals surface area contributed by atoms with E-state index in [9.17, 15) is 13.2 Å². The summed E-state index contributed by atoms with van der Waals surface area (Å²) >= 11 is 0. The van der Waals surface area contributed by atoms with Crippen LogP contribution in [0.4, 0.5) is 13.2 Å². The van der Waals surface area contributed by atoms with Crippen molar-refractivity contribution in [3.05, 3.63) is 132 Å². The molecule has 4 aromatic carbocycles. The molecule has 0 radical (unpaired) electrons. The number of halogens is 3. The van der Waals surface area contributed by atoms with Crippen LogP contribution in [0.15, 0.2) is 121 Å². The second-order valence-corrected chi connectivity index (χ2v) is 9.76. The van der Waals surface area contributed by atoms with Gasteiger partial charge in [0.25, 0.3) is 0 Å². The SMILES string of the molecule is FC(F)(F)c1cc(-c2ccccc2)nc2c1c1nc(-c3ccccc3)c3ccccc3c1n2Cc1ccccc1. The first-order valence-electron chi connectivity index (χ1n) is 13.0. The molecule has 0 unspecified atom stereocenters. The Morgan fingerprint density at radius 2 is 1.20 bits per heavy atom. The Hall–Kier alpha value is -4.97. The Morgan fingerprint density at radius 3 is 1.85 bits per heavy atom. The van der Waals surface area contributed by atoms with E-state index in [0.717, 1.165) is 28.0 Å². The van der Waals surface area contributed by atoms with E-state index >= 15 is 0 Å². The third kappa shape index (κ3) is 4.00. The molecule has 3 nitrogen and oxygen atoms in total. The summed E-state index contributed by atoms with van der Waals surface area (Å²) in [5.74, 6) is 0. The van der Waals surface area contributed by atoms with Crippen molar-refractivity contribution in [1.82, 2.24) is 14.5 Å². The van der Waals surface area contributed by atoms with Gasteiger partial charge >= 0.3 is 6.18 Å². The zero-order valence-corrected chi connectivity index (χ0v) is 21.2. The standard InChI is InChI=1S/C34H22F3N3/c35-34(36,37)27-20-28(23-14-6-2-7-15-23)38-33-29(27)31-32(40(33)21-22-12-4-1-5-13-22)26-19-11-10-18-25(26)30(39-31)24-16-8-3-9-17-24/h1-20H,21H2. The highest BCUT2D eigenvalue weighted by Gasteiger charge is 2.36. The lowest BCUT2D eigenvalue weighted by atomic mass is 10.0. The number of fused-ring (bicyclic) bond motifs is 5. The van der Waals surface area contributed by atoms with Gasteiger partial charge in [-0.25, -0.2) is 9.97 Å². The molecule has 7 aromatic rings. The van der Waals surface area contributed by atoms with Crippen molar-refractivity contribution in [2.24, 2.45) is 0 Å². The number of rotatable bonds is 4. The number of hydrogen-bond donors (Lipinski definition) is 0. The third-order valence-electron chi connectivity index (χ3n) is 7.25. The van der Waals surface area contributed by atoms with Gasteiger partial charge in [-0.2, -0.15) is 13.2 Å². The highest BCUT2D eigenvalue weighted by Crippen LogP contribution is 2.44. The van der Waals surface area contributed by atoms with E-state index in [2.05, 4.69) is 0 Å². The lowest BCUT2D eigenvalue weighted by Gasteiger charge is -2.12. The van der Waals surface area contributed by atoms with Crippen LogP contribution in [0.2, 0.25) is 0 Å². The fourth-order valence-corrected chi connectivity index (χ4v) is 5.48. The van der Waals surface area contributed by atoms with Crippen LogP contribution >= 0.6 is 0 Å². The minimum Gasteiger partial charge on any atom is -0.319 e. The Morgan fingerprint density at radius 1 is 0.625 bits per heavy atom. The molecule has 0 aliphatic carbocycles. The molecule has 0 atom stereocenters. The maximum Gasteiger partial charge on any atom is 0.417 e. The van der Waals surface area contributed by atoms with E-state index in [0.29, 0.717) is 28.8 Å². The van der Waals surface area contributed by atoms with Crippen LogP contribution in [0.5, 0.6) is 0 Å². The zero-order valence-electron chi connectivity index (χ0n) is 21.2. The summed E-state index contributed by atoms with van der Waals surface area (Å²) in [5, 5.41) is 1.71. The van der Waals surface area contributed by atoms with Crippen molar-refractivity contribution >= 4 is 32.8 Å². The van der Waals surface area contributed by atoms with E-state index < -0.39 is 11.7 Å². The first-order valence-corrected chi connectivity index (χ1v) is 13.0. The molecule has 6 heteroatoms. The summed E-state index contributed by atoms with van der Waals surface area (Å²) in [5.41, 5.74) is 3.78. The van der Waals surface area contributed by atoms with Crippen molar-refractivity contribution in [2.45, 2.75) is 12.7 Å². The molecule has 3 heterocycles. The minimum atomic E-state index is -4.61. The third-order valence-corrected chi connectivity index (χ3v) is 7.25. The molecule has 0 aliphatic rings. The topological polar surface area (TPSA) is 30.7 Å². The Kier molecular flexibility index (Phi) is 5.63. The van der Waals surface area contributed by atoms with Crippen LogP contribution in [0.1, 0.15) is 11.1 Å². The summed E-state index contributed by atoms with van der Waals surface area (Å²) in [6.45, 7) is 0.347. The van der Waals surface area contributed by atoms with Gasteiger partial charge in [0, 0.05) is 28.4 Å². The fourth-order valence-electron chi connectivity index (χ4n) is 5.48. The van der Waals surface area contributed by atoms with Gasteiger partial charge in [-0.05, 0) is 11.6 Å². The first kappa shape index (κ1) is 24.1. The number of aromatic nitrogens is 3. The van der Waals surface area contributed by atoms with E-state index in [1.165, 1.54) is 0 Å². The van der Waals surface area contributed by atoms with Crippen molar-refractivity contribution in [3.8, 4) is 22.5 Å². The Labute approximate surface area is 228 Å². The van der Waals surface area contributed by atoms with Crippen LogP contribution in [0, 0.1) is 0 Å². The predicted octanol–water partition coefficient (Wildman–Crippen LogP) is 9.14. The van der Waals surface area contributed by atoms with E-state index in [1.54, 1.807) is 24.3 Å². The molecule has 0 N–H and O–H groups in total. The number of hydrogen-bond acceptors (Lipinski definition) is 2. The van der Waals surface area contributed by atoms with Gasteiger partial charge in [-0.15, -0.1) is 0 Å². The van der Waals surface area contributed by atoms with Crippen LogP contribution in [-0.4, -0.2) is 14.5 Å². The maximum atomic E-state index is 14.9. The van der Waals surface area contributed by atoms with Gasteiger partial charge in [0.15, 0.2) is 0 Å². The molecule has 0 saturated heterocycles. The van der Waals surface area contributed by atoms with Crippen LogP contribution in [0.25, 0.3) is 55.4 Å². The zero-order chi connectivity index (χ0) is 27.3. The van der Waals surface area contributed by atoms with Crippen LogP contribution in [-0.2, 0) is 12.7 Å². The largest absolute Gasteiger partial charge is 0.417 e. The van der Waals surface area contributed by atoms with Crippen LogP contribution < -0.4 is 0 Å². The maximum absolute atomic E-state index is 14.9. The molecule has 0 aliphatic heterocycles. The number of alkyl halides is 3. The number of nitrogens with zero attached hydrogens (tertiary/aromatic N) is 3. The molecule has 0 saturated carbocycles. The van der Waals surface area contributed by atoms with Crippen molar-refractivity contribution in [3.63, 3.8) is 0 Å². The summed E-state index contributed by atoms with van der Waals surface area (Å²) in [6.07, 6.45) is -4.61. The molecular weight excluding hydrogens is 507 g/mol. The summed E-state index contributed by atoms with van der Waals surface area (Å²) in [4.78, 5) is 9.86. The molecule has 0 bridgehead atoms. The highest BCUT2D eigenvalue weighted by atomic mass is 19.4. The fraction of sp³-hybridized carbons (Fsp3) is 0.0588. The molecular formula is C34H22F3N3. The average Bonchev–Trinajstić information content (AvgIpc) is 3.30. The van der Waals surface area contributed by atoms with E-state index in [-0.39, 0.29) is 16.7 Å². The lowest BCUT2D eigenvalue weighted by molar-refractivity contribution is -0.136. The van der Waals surface area contributed by atoms with Gasteiger partial charge in [-0.3, -0.25) is 0 Å². The number of pyridine rings is 2. The van der Waals surface area contributed by atoms with Gasteiger partial charge in [0.1, 0.15) is 5.65 Å². The van der Waals surface area contributed by atoms with Crippen molar-refractivity contribution < 1.29 is 13.2 Å². The Balaban J connectivity index is 1.68. The molecule has 0 spiro atoms. The number of benzene rings is 4. The smallest absolute Gasteiger partial charge is 0.319 e. The predicted molar refractivity (Wildman–Crippen MR) is 154 cm³/mol. The molecule has 7 rings (SSSR count). The van der Waals surface area contributed by atoms with Gasteiger partial charge in [0.2, 0.25) is 0 Å².